The fourth-order valence-electron chi connectivity index (χ4n) is 4.18. The van der Waals surface area contributed by atoms with Gasteiger partial charge in [-0.15, -0.1) is 0 Å². The van der Waals surface area contributed by atoms with Crippen LogP contribution < -0.4 is 5.32 Å². The highest BCUT2D eigenvalue weighted by atomic mass is 19.1. The maximum atomic E-state index is 13.9. The number of H-pyrrole nitrogens is 2. The third kappa shape index (κ3) is 4.21. The highest BCUT2D eigenvalue weighted by molar-refractivity contribution is 5.96. The number of aliphatic hydroxyl groups excluding tert-OH is 1. The van der Waals surface area contributed by atoms with Gasteiger partial charge in [0, 0.05) is 41.3 Å². The lowest BCUT2D eigenvalue weighted by molar-refractivity contribution is 0.199. The molecule has 1 unspecified atom stereocenters. The molecule has 0 saturated heterocycles. The van der Waals surface area contributed by atoms with Gasteiger partial charge in [0.15, 0.2) is 11.5 Å². The van der Waals surface area contributed by atoms with Crippen LogP contribution in [-0.4, -0.2) is 51.6 Å². The van der Waals surface area contributed by atoms with Crippen LogP contribution in [0.2, 0.25) is 0 Å². The average molecular weight is 497 g/mol. The van der Waals surface area contributed by atoms with Crippen molar-refractivity contribution >= 4 is 27.8 Å². The van der Waals surface area contributed by atoms with Crippen molar-refractivity contribution in [1.82, 2.24) is 35.1 Å². The van der Waals surface area contributed by atoms with Crippen molar-refractivity contribution in [3.05, 3.63) is 67.0 Å². The van der Waals surface area contributed by atoms with Crippen LogP contribution >= 0.6 is 0 Å². The van der Waals surface area contributed by atoms with Crippen molar-refractivity contribution in [2.75, 3.05) is 5.32 Å². The van der Waals surface area contributed by atoms with Crippen molar-refractivity contribution in [1.29, 1.82) is 0 Å². The summed E-state index contributed by atoms with van der Waals surface area (Å²) in [5.41, 5.74) is 5.49. The number of imidazole rings is 1. The molecule has 5 heterocycles. The van der Waals surface area contributed by atoms with Gasteiger partial charge in [-0.1, -0.05) is 6.92 Å². The third-order valence-corrected chi connectivity index (χ3v) is 5.99. The van der Waals surface area contributed by atoms with Gasteiger partial charge in [-0.25, -0.2) is 14.4 Å². The molecule has 0 saturated carbocycles. The molecule has 1 aromatic carbocycles. The van der Waals surface area contributed by atoms with Gasteiger partial charge in [0.25, 0.3) is 0 Å². The van der Waals surface area contributed by atoms with E-state index in [1.54, 1.807) is 30.9 Å². The minimum atomic E-state index is -0.665. The third-order valence-electron chi connectivity index (χ3n) is 5.99. The summed E-state index contributed by atoms with van der Waals surface area (Å²) in [5, 5.41) is 30.9. The molecule has 10 nitrogen and oxygen atoms in total. The highest BCUT2D eigenvalue weighted by Crippen LogP contribution is 2.33. The molecule has 0 spiro atoms. The van der Waals surface area contributed by atoms with Crippen LogP contribution in [0.1, 0.15) is 13.3 Å². The van der Waals surface area contributed by atoms with Crippen LogP contribution in [0.4, 0.5) is 10.1 Å². The van der Waals surface area contributed by atoms with E-state index in [2.05, 4.69) is 35.5 Å². The van der Waals surface area contributed by atoms with Crippen molar-refractivity contribution in [3.8, 4) is 39.7 Å². The standard InChI is InChI=1S/C26H21FN8O2/c1-2-21(37)31-17-6-14(10-28-12-17)15-8-19-23(34-35-25(19)30-11-15)26-32-20-3-4-29-22(24(20)33-26)13-5-16(27)9-18(36)7-13/h3-12,21,31,36-37H,2H2,1H3,(H,32,33)(H,30,34,35). The Balaban J connectivity index is 1.43. The average Bonchev–Trinajstić information content (AvgIpc) is 3.51. The number of aromatic nitrogens is 7. The first kappa shape index (κ1) is 22.6. The van der Waals surface area contributed by atoms with E-state index in [9.17, 15) is 14.6 Å². The van der Waals surface area contributed by atoms with E-state index in [0.29, 0.717) is 51.6 Å². The summed E-state index contributed by atoms with van der Waals surface area (Å²) in [4.78, 5) is 21.1. The quantitative estimate of drug-likeness (QED) is 0.210. The van der Waals surface area contributed by atoms with Crippen molar-refractivity contribution < 1.29 is 14.6 Å². The van der Waals surface area contributed by atoms with Gasteiger partial charge in [0.05, 0.1) is 28.5 Å². The predicted octanol–water partition coefficient (Wildman–Crippen LogP) is 4.61. The second-order valence-corrected chi connectivity index (χ2v) is 8.56. The predicted molar refractivity (Wildman–Crippen MR) is 137 cm³/mol. The summed E-state index contributed by atoms with van der Waals surface area (Å²) in [6, 6.07) is 9.37. The minimum absolute atomic E-state index is 0.195. The Morgan fingerprint density at radius 2 is 1.86 bits per heavy atom. The molecule has 184 valence electrons. The van der Waals surface area contributed by atoms with Crippen LogP contribution in [0.25, 0.3) is 56.0 Å². The number of phenolic OH excluding ortho intramolecular Hbond substituents is 1. The molecule has 0 aliphatic rings. The maximum Gasteiger partial charge on any atom is 0.159 e. The molecule has 0 aliphatic carbocycles. The number of nitrogens with zero attached hydrogens (tertiary/aromatic N) is 5. The number of rotatable bonds is 6. The first-order valence-corrected chi connectivity index (χ1v) is 11.6. The smallest absolute Gasteiger partial charge is 0.159 e. The lowest BCUT2D eigenvalue weighted by Crippen LogP contribution is -2.16. The number of nitrogens with one attached hydrogen (secondary N) is 3. The molecular formula is C26H21FN8O2. The zero-order chi connectivity index (χ0) is 25.5. The van der Waals surface area contributed by atoms with E-state index in [-0.39, 0.29) is 5.75 Å². The Labute approximate surface area is 209 Å². The molecule has 0 bridgehead atoms. The molecular weight excluding hydrogens is 475 g/mol. The van der Waals surface area contributed by atoms with E-state index in [1.807, 2.05) is 19.1 Å². The van der Waals surface area contributed by atoms with Gasteiger partial charge in [-0.3, -0.25) is 15.1 Å². The number of fused-ring (bicyclic) bond motifs is 2. The highest BCUT2D eigenvalue weighted by Gasteiger charge is 2.18. The number of aromatic amines is 2. The van der Waals surface area contributed by atoms with Gasteiger partial charge in [-0.2, -0.15) is 5.10 Å². The molecule has 0 fully saturated rings. The summed E-state index contributed by atoms with van der Waals surface area (Å²) in [6.45, 7) is 1.88. The number of hydrogen-bond donors (Lipinski definition) is 5. The second-order valence-electron chi connectivity index (χ2n) is 8.56. The van der Waals surface area contributed by atoms with Crippen molar-refractivity contribution in [2.45, 2.75) is 19.6 Å². The van der Waals surface area contributed by atoms with Gasteiger partial charge in [0.2, 0.25) is 0 Å². The Hall–Kier alpha value is -4.90. The zero-order valence-electron chi connectivity index (χ0n) is 19.6. The number of aromatic hydroxyl groups is 1. The fourth-order valence-corrected chi connectivity index (χ4v) is 4.18. The summed E-state index contributed by atoms with van der Waals surface area (Å²) in [5.74, 6) is -0.284. The normalized spacial score (nSPS) is 12.3. The lowest BCUT2D eigenvalue weighted by Gasteiger charge is -2.12. The number of aliphatic hydroxyl groups is 1. The van der Waals surface area contributed by atoms with E-state index >= 15 is 0 Å². The van der Waals surface area contributed by atoms with Crippen LogP contribution in [0.3, 0.4) is 0 Å². The fraction of sp³-hybridized carbons (Fsp3) is 0.115. The largest absolute Gasteiger partial charge is 0.508 e. The van der Waals surface area contributed by atoms with Crippen molar-refractivity contribution in [3.63, 3.8) is 0 Å². The van der Waals surface area contributed by atoms with E-state index < -0.39 is 12.0 Å². The summed E-state index contributed by atoms with van der Waals surface area (Å²) in [7, 11) is 0. The van der Waals surface area contributed by atoms with Crippen molar-refractivity contribution in [2.24, 2.45) is 0 Å². The maximum absolute atomic E-state index is 13.9. The number of phenols is 1. The van der Waals surface area contributed by atoms with E-state index in [0.717, 1.165) is 22.6 Å². The summed E-state index contributed by atoms with van der Waals surface area (Å²) >= 11 is 0. The summed E-state index contributed by atoms with van der Waals surface area (Å²) < 4.78 is 13.9. The summed E-state index contributed by atoms with van der Waals surface area (Å²) in [6.07, 6.45) is 6.58. The molecule has 6 aromatic rings. The Bertz CT molecular complexity index is 1740. The number of halogens is 1. The minimum Gasteiger partial charge on any atom is -0.508 e. The monoisotopic (exact) mass is 496 g/mol. The Morgan fingerprint density at radius 3 is 2.70 bits per heavy atom. The molecule has 0 aliphatic heterocycles. The van der Waals surface area contributed by atoms with Crippen LogP contribution in [0.15, 0.2) is 61.2 Å². The van der Waals surface area contributed by atoms with Gasteiger partial charge in [-0.05, 0) is 36.8 Å². The zero-order valence-corrected chi connectivity index (χ0v) is 19.6. The van der Waals surface area contributed by atoms with Crippen LogP contribution in [0, 0.1) is 5.82 Å². The topological polar surface area (TPSA) is 149 Å². The molecule has 0 radical (unpaired) electrons. The van der Waals surface area contributed by atoms with Gasteiger partial charge < -0.3 is 20.5 Å². The molecule has 11 heteroatoms. The molecule has 1 atom stereocenters. The van der Waals surface area contributed by atoms with E-state index in [1.165, 1.54) is 12.1 Å². The SMILES string of the molecule is CCC(O)Nc1cncc(-c2cnc3[nH]nc(-c4nc5c(-c6cc(O)cc(F)c6)nccc5[nH]4)c3c2)c1. The first-order valence-electron chi connectivity index (χ1n) is 11.6. The van der Waals surface area contributed by atoms with Gasteiger partial charge >= 0.3 is 0 Å². The molecule has 37 heavy (non-hydrogen) atoms. The lowest BCUT2D eigenvalue weighted by atomic mass is 10.1. The Kier molecular flexibility index (Phi) is 5.46. The van der Waals surface area contributed by atoms with E-state index in [4.69, 9.17) is 4.98 Å². The molecule has 6 rings (SSSR count). The molecule has 5 aromatic heterocycles. The Morgan fingerprint density at radius 1 is 1.00 bits per heavy atom. The van der Waals surface area contributed by atoms with Gasteiger partial charge in [0.1, 0.15) is 29.0 Å². The van der Waals surface area contributed by atoms with Crippen LogP contribution in [-0.2, 0) is 0 Å². The molecule has 5 N–H and O–H groups in total. The molecule has 0 amide bonds. The number of anilines is 1. The second kappa shape index (κ2) is 8.95. The number of hydrogen-bond acceptors (Lipinski definition) is 8. The first-order chi connectivity index (χ1) is 18.0. The number of benzene rings is 1. The van der Waals surface area contributed by atoms with Crippen LogP contribution in [0.5, 0.6) is 5.75 Å². The number of pyridine rings is 3.